The molecule has 1 saturated heterocycles. The van der Waals surface area contributed by atoms with Crippen LogP contribution in [0.25, 0.3) is 0 Å². The molecule has 0 radical (unpaired) electrons. The number of carboxylic acid groups (broad SMARTS) is 2. The molecule has 7 nitrogen and oxygen atoms in total. The van der Waals surface area contributed by atoms with E-state index in [-0.39, 0.29) is 11.9 Å². The van der Waals surface area contributed by atoms with Gasteiger partial charge in [-0.2, -0.15) is 24.9 Å². The minimum Gasteiger partial charge on any atom is -0.480 e. The van der Waals surface area contributed by atoms with Gasteiger partial charge >= 0.3 is 18.1 Å². The summed E-state index contributed by atoms with van der Waals surface area (Å²) < 4.78 is 31.7. The third-order valence-corrected chi connectivity index (χ3v) is 3.49. The Morgan fingerprint density at radius 2 is 1.91 bits per heavy atom. The Labute approximate surface area is 135 Å². The Hall–Kier alpha value is -1.49. The number of hydrogen-bond acceptors (Lipinski definition) is 5. The molecule has 0 unspecified atom stereocenters. The smallest absolute Gasteiger partial charge is 0.480 e. The third-order valence-electron chi connectivity index (χ3n) is 2.84. The highest BCUT2D eigenvalue weighted by molar-refractivity contribution is 7.98. The van der Waals surface area contributed by atoms with Gasteiger partial charge in [0.2, 0.25) is 5.91 Å². The molecule has 1 amide bonds. The molecule has 2 atom stereocenters. The van der Waals surface area contributed by atoms with E-state index in [0.29, 0.717) is 6.42 Å². The second kappa shape index (κ2) is 10.3. The van der Waals surface area contributed by atoms with Gasteiger partial charge in [0.25, 0.3) is 0 Å². The number of carboxylic acids is 2. The highest BCUT2D eigenvalue weighted by Crippen LogP contribution is 2.13. The van der Waals surface area contributed by atoms with Crippen molar-refractivity contribution in [2.45, 2.75) is 37.5 Å². The van der Waals surface area contributed by atoms with Crippen LogP contribution in [-0.4, -0.2) is 64.9 Å². The lowest BCUT2D eigenvalue weighted by Gasteiger charge is -2.17. The van der Waals surface area contributed by atoms with Gasteiger partial charge in [0.05, 0.1) is 6.04 Å². The van der Waals surface area contributed by atoms with Crippen LogP contribution >= 0.6 is 11.8 Å². The van der Waals surface area contributed by atoms with E-state index < -0.39 is 24.2 Å². The number of rotatable bonds is 6. The van der Waals surface area contributed by atoms with E-state index in [0.717, 1.165) is 25.1 Å². The quantitative estimate of drug-likeness (QED) is 0.551. The van der Waals surface area contributed by atoms with Gasteiger partial charge in [0.15, 0.2) is 0 Å². The van der Waals surface area contributed by atoms with Crippen LogP contribution in [0.3, 0.4) is 0 Å². The molecule has 1 aliphatic rings. The normalized spacial score (nSPS) is 18.5. The molecule has 0 aromatic heterocycles. The summed E-state index contributed by atoms with van der Waals surface area (Å²) in [4.78, 5) is 31.5. The Kier molecular flexibility index (Phi) is 9.65. The lowest BCUT2D eigenvalue weighted by Crippen LogP contribution is -2.48. The molecule has 1 fully saturated rings. The van der Waals surface area contributed by atoms with Crippen molar-refractivity contribution in [1.29, 1.82) is 0 Å². The van der Waals surface area contributed by atoms with E-state index in [2.05, 4.69) is 10.6 Å². The van der Waals surface area contributed by atoms with Crippen molar-refractivity contribution in [1.82, 2.24) is 10.6 Å². The number of carbonyl (C=O) groups excluding carboxylic acids is 1. The summed E-state index contributed by atoms with van der Waals surface area (Å²) >= 11 is 1.58. The number of amides is 1. The molecular weight excluding hydrogens is 341 g/mol. The van der Waals surface area contributed by atoms with E-state index in [1.165, 1.54) is 0 Å². The maximum absolute atomic E-state index is 11.7. The van der Waals surface area contributed by atoms with Crippen molar-refractivity contribution in [2.24, 2.45) is 0 Å². The average molecular weight is 360 g/mol. The van der Waals surface area contributed by atoms with Crippen LogP contribution in [0.15, 0.2) is 0 Å². The van der Waals surface area contributed by atoms with Gasteiger partial charge < -0.3 is 20.8 Å². The van der Waals surface area contributed by atoms with Gasteiger partial charge in [-0.25, -0.2) is 9.59 Å². The molecule has 0 bridgehead atoms. The second-order valence-electron chi connectivity index (χ2n) is 4.63. The van der Waals surface area contributed by atoms with Crippen molar-refractivity contribution in [3.8, 4) is 0 Å². The van der Waals surface area contributed by atoms with Crippen molar-refractivity contribution >= 4 is 29.6 Å². The van der Waals surface area contributed by atoms with Crippen LogP contribution in [0, 0.1) is 0 Å². The second-order valence-corrected chi connectivity index (χ2v) is 5.62. The highest BCUT2D eigenvalue weighted by atomic mass is 32.2. The van der Waals surface area contributed by atoms with Crippen LogP contribution in [0.2, 0.25) is 0 Å². The summed E-state index contributed by atoms with van der Waals surface area (Å²) in [7, 11) is 0. The Morgan fingerprint density at radius 3 is 2.26 bits per heavy atom. The summed E-state index contributed by atoms with van der Waals surface area (Å²) in [6.07, 6.45) is -0.935. The molecule has 0 aromatic carbocycles. The first-order valence-corrected chi connectivity index (χ1v) is 8.04. The van der Waals surface area contributed by atoms with Gasteiger partial charge in [-0.15, -0.1) is 0 Å². The average Bonchev–Trinajstić information content (AvgIpc) is 2.96. The molecule has 0 aliphatic carbocycles. The molecule has 0 saturated carbocycles. The standard InChI is InChI=1S/C10H18N2O3S.C2HF3O2/c1-16-6-4-8(10(14)15)12-9(13)7-3-2-5-11-7;3-2(4,5)1(6)7/h7-8,11H,2-6H2,1H3,(H,12,13)(H,14,15);(H,6,7)/t7-,8-;/m0./s1. The predicted molar refractivity (Wildman–Crippen MR) is 77.3 cm³/mol. The zero-order valence-electron chi connectivity index (χ0n) is 12.4. The monoisotopic (exact) mass is 360 g/mol. The fraction of sp³-hybridized carbons (Fsp3) is 0.750. The molecule has 0 spiro atoms. The van der Waals surface area contributed by atoms with Gasteiger partial charge in [-0.3, -0.25) is 4.79 Å². The fourth-order valence-corrected chi connectivity index (χ4v) is 2.15. The molecule has 4 N–H and O–H groups in total. The van der Waals surface area contributed by atoms with E-state index >= 15 is 0 Å². The first-order valence-electron chi connectivity index (χ1n) is 6.65. The Bertz CT molecular complexity index is 414. The first kappa shape index (κ1) is 21.5. The van der Waals surface area contributed by atoms with Gasteiger partial charge in [0.1, 0.15) is 6.04 Å². The molecule has 11 heteroatoms. The van der Waals surface area contributed by atoms with E-state index in [4.69, 9.17) is 15.0 Å². The molecule has 1 rings (SSSR count). The summed E-state index contributed by atoms with van der Waals surface area (Å²) in [5.74, 6) is -3.17. The maximum atomic E-state index is 11.7. The molecular formula is C12H19F3N2O5S. The summed E-state index contributed by atoms with van der Waals surface area (Å²) in [5.41, 5.74) is 0. The minimum absolute atomic E-state index is 0.189. The Balaban J connectivity index is 0.000000585. The van der Waals surface area contributed by atoms with Crippen molar-refractivity contribution < 1.29 is 37.8 Å². The highest BCUT2D eigenvalue weighted by Gasteiger charge is 2.38. The Morgan fingerprint density at radius 1 is 1.35 bits per heavy atom. The fourth-order valence-electron chi connectivity index (χ4n) is 1.67. The van der Waals surface area contributed by atoms with Crippen LogP contribution in [0.4, 0.5) is 13.2 Å². The zero-order chi connectivity index (χ0) is 18.0. The number of alkyl halides is 3. The molecule has 23 heavy (non-hydrogen) atoms. The minimum atomic E-state index is -5.08. The van der Waals surface area contributed by atoms with Crippen molar-refractivity contribution in [3.05, 3.63) is 0 Å². The van der Waals surface area contributed by atoms with Crippen LogP contribution in [-0.2, 0) is 14.4 Å². The number of carbonyl (C=O) groups is 3. The van der Waals surface area contributed by atoms with Crippen molar-refractivity contribution in [2.75, 3.05) is 18.6 Å². The van der Waals surface area contributed by atoms with Crippen LogP contribution in [0.5, 0.6) is 0 Å². The van der Waals surface area contributed by atoms with Crippen LogP contribution in [0.1, 0.15) is 19.3 Å². The zero-order valence-corrected chi connectivity index (χ0v) is 13.2. The first-order chi connectivity index (χ1) is 10.6. The van der Waals surface area contributed by atoms with Gasteiger partial charge in [-0.05, 0) is 37.8 Å². The van der Waals surface area contributed by atoms with E-state index in [1.807, 2.05) is 6.26 Å². The summed E-state index contributed by atoms with van der Waals surface area (Å²) in [5, 5.41) is 21.7. The number of aliphatic carboxylic acids is 2. The van der Waals surface area contributed by atoms with Gasteiger partial charge in [0, 0.05) is 0 Å². The number of hydrogen-bond donors (Lipinski definition) is 4. The topological polar surface area (TPSA) is 116 Å². The number of nitrogens with one attached hydrogen (secondary N) is 2. The number of halogens is 3. The molecule has 0 aromatic rings. The third kappa shape index (κ3) is 9.29. The lowest BCUT2D eigenvalue weighted by molar-refractivity contribution is -0.192. The molecule has 1 heterocycles. The largest absolute Gasteiger partial charge is 0.490 e. The predicted octanol–water partition coefficient (Wildman–Crippen LogP) is 0.694. The number of thioether (sulfide) groups is 1. The molecule has 134 valence electrons. The summed E-state index contributed by atoms with van der Waals surface area (Å²) in [6.45, 7) is 0.834. The lowest BCUT2D eigenvalue weighted by atomic mass is 10.1. The van der Waals surface area contributed by atoms with Crippen molar-refractivity contribution in [3.63, 3.8) is 0 Å². The van der Waals surface area contributed by atoms with Crippen LogP contribution < -0.4 is 10.6 Å². The van der Waals surface area contributed by atoms with Gasteiger partial charge in [-0.1, -0.05) is 0 Å². The van der Waals surface area contributed by atoms with E-state index in [9.17, 15) is 22.8 Å². The van der Waals surface area contributed by atoms with E-state index in [1.54, 1.807) is 11.8 Å². The SMILES string of the molecule is CSCC[C@H](NC(=O)[C@@H]1CCCN1)C(=O)O.O=C(O)C(F)(F)F. The summed E-state index contributed by atoms with van der Waals surface area (Å²) in [6, 6.07) is -0.974. The molecule has 1 aliphatic heterocycles. The maximum Gasteiger partial charge on any atom is 0.490 e.